The zero-order valence-electron chi connectivity index (χ0n) is 26.4. The molecule has 1 atom stereocenters. The third-order valence-electron chi connectivity index (χ3n) is 8.51. The van der Waals surface area contributed by atoms with Crippen molar-refractivity contribution in [1.82, 2.24) is 0 Å². The maximum atomic E-state index is 4.70. The quantitative estimate of drug-likeness (QED) is 0.0990. The molecule has 218 valence electrons. The fourth-order valence-corrected chi connectivity index (χ4v) is 6.16. The van der Waals surface area contributed by atoms with Crippen LogP contribution in [0.5, 0.6) is 0 Å². The number of hydrogen-bond acceptors (Lipinski definition) is 0. The smallest absolute Gasteiger partial charge is 0.0289 e. The molecule has 0 heteroatoms. The van der Waals surface area contributed by atoms with Gasteiger partial charge in [0, 0.05) is 17.9 Å². The summed E-state index contributed by atoms with van der Waals surface area (Å²) in [7, 11) is 0. The van der Waals surface area contributed by atoms with Crippen LogP contribution in [0.4, 0.5) is 0 Å². The number of fused-ring (bicyclic) bond motifs is 1. The van der Waals surface area contributed by atoms with Gasteiger partial charge in [0.15, 0.2) is 0 Å². The Balaban J connectivity index is 2.01. The molecule has 1 unspecified atom stereocenters. The van der Waals surface area contributed by atoms with Crippen LogP contribution in [0.25, 0.3) is 5.57 Å². The van der Waals surface area contributed by atoms with Crippen LogP contribution in [0.15, 0.2) is 85.0 Å². The van der Waals surface area contributed by atoms with E-state index in [0.29, 0.717) is 5.92 Å². The van der Waals surface area contributed by atoms with E-state index in [1.165, 1.54) is 109 Å². The zero-order valence-corrected chi connectivity index (χ0v) is 26.4. The third kappa shape index (κ3) is 9.78. The molecule has 0 saturated heterocycles. The second-order valence-electron chi connectivity index (χ2n) is 12.0. The summed E-state index contributed by atoms with van der Waals surface area (Å²) < 4.78 is 0. The fraction of sp³-hybridized carbons (Fsp3) is 0.463. The van der Waals surface area contributed by atoms with Crippen LogP contribution in [0.3, 0.4) is 0 Å². The highest BCUT2D eigenvalue weighted by molar-refractivity contribution is 5.88. The van der Waals surface area contributed by atoms with Crippen LogP contribution >= 0.6 is 0 Å². The van der Waals surface area contributed by atoms with Crippen molar-refractivity contribution in [3.05, 3.63) is 113 Å². The van der Waals surface area contributed by atoms with Gasteiger partial charge in [0.1, 0.15) is 0 Å². The molecule has 0 amide bonds. The average molecular weight is 547 g/mol. The molecular weight excluding hydrogens is 492 g/mol. The highest BCUT2D eigenvalue weighted by atomic mass is 14.3. The van der Waals surface area contributed by atoms with E-state index >= 15 is 0 Å². The third-order valence-corrected chi connectivity index (χ3v) is 8.51. The summed E-state index contributed by atoms with van der Waals surface area (Å²) in [5.41, 5.74) is 12.4. The molecule has 0 fully saturated rings. The van der Waals surface area contributed by atoms with Gasteiger partial charge in [-0.05, 0) is 104 Å². The van der Waals surface area contributed by atoms with Crippen molar-refractivity contribution in [2.24, 2.45) is 0 Å². The number of unbranched alkanes of at least 4 members (excludes halogenated alkanes) is 8. The molecule has 0 radical (unpaired) electrons. The van der Waals surface area contributed by atoms with Gasteiger partial charge in [-0.3, -0.25) is 0 Å². The molecule has 41 heavy (non-hydrogen) atoms. The van der Waals surface area contributed by atoms with Gasteiger partial charge in [0.2, 0.25) is 0 Å². The summed E-state index contributed by atoms with van der Waals surface area (Å²) in [6.07, 6.45) is 19.5. The minimum Gasteiger partial charge on any atom is -0.103 e. The average Bonchev–Trinajstić information content (AvgIpc) is 3.34. The zero-order chi connectivity index (χ0) is 29.5. The summed E-state index contributed by atoms with van der Waals surface area (Å²) in [5.74, 6) is 7.51. The minimum absolute atomic E-state index is 0.297. The molecule has 0 heterocycles. The van der Waals surface area contributed by atoms with E-state index in [1.807, 2.05) is 6.08 Å². The van der Waals surface area contributed by atoms with Crippen molar-refractivity contribution in [1.29, 1.82) is 0 Å². The molecule has 1 aliphatic rings. The second-order valence-corrected chi connectivity index (χ2v) is 12.0. The Labute approximate surface area is 252 Å². The van der Waals surface area contributed by atoms with Crippen molar-refractivity contribution in [2.75, 3.05) is 0 Å². The first-order valence-corrected chi connectivity index (χ1v) is 16.4. The van der Waals surface area contributed by atoms with Crippen LogP contribution in [0.1, 0.15) is 138 Å². The highest BCUT2D eigenvalue weighted by Gasteiger charge is 2.26. The maximum Gasteiger partial charge on any atom is 0.0289 e. The van der Waals surface area contributed by atoms with Gasteiger partial charge in [-0.2, -0.15) is 0 Å². The molecule has 1 aliphatic carbocycles. The summed E-state index contributed by atoms with van der Waals surface area (Å²) in [6.45, 7) is 19.7. The molecule has 2 aromatic carbocycles. The van der Waals surface area contributed by atoms with Crippen LogP contribution in [0, 0.1) is 11.8 Å². The lowest BCUT2D eigenvalue weighted by molar-refractivity contribution is 0.689. The first kappa shape index (κ1) is 32.5. The molecule has 0 saturated carbocycles. The van der Waals surface area contributed by atoms with Gasteiger partial charge in [-0.1, -0.05) is 125 Å². The van der Waals surface area contributed by atoms with E-state index in [0.717, 1.165) is 32.1 Å². The van der Waals surface area contributed by atoms with E-state index in [1.54, 1.807) is 5.57 Å². The normalized spacial score (nSPS) is 13.0. The topological polar surface area (TPSA) is 0 Å². The molecule has 3 rings (SSSR count). The molecule has 2 aromatic rings. The van der Waals surface area contributed by atoms with Gasteiger partial charge < -0.3 is 0 Å². The Morgan fingerprint density at radius 3 is 2.39 bits per heavy atom. The van der Waals surface area contributed by atoms with Crippen molar-refractivity contribution in [3.8, 4) is 11.8 Å². The van der Waals surface area contributed by atoms with Gasteiger partial charge in [-0.25, -0.2) is 0 Å². The number of rotatable bonds is 18. The molecule has 0 bridgehead atoms. The van der Waals surface area contributed by atoms with Crippen molar-refractivity contribution < 1.29 is 0 Å². The molecule has 0 aliphatic heterocycles. The molecule has 0 spiro atoms. The molecular formula is C41H54. The molecule has 0 aromatic heterocycles. The highest BCUT2D eigenvalue weighted by Crippen LogP contribution is 2.43. The van der Waals surface area contributed by atoms with Crippen molar-refractivity contribution >= 4 is 5.57 Å². The first-order chi connectivity index (χ1) is 20.0. The van der Waals surface area contributed by atoms with Crippen LogP contribution in [-0.4, -0.2) is 0 Å². The fourth-order valence-electron chi connectivity index (χ4n) is 6.16. The Morgan fingerprint density at radius 2 is 1.68 bits per heavy atom. The van der Waals surface area contributed by atoms with Crippen LogP contribution in [0.2, 0.25) is 0 Å². The van der Waals surface area contributed by atoms with Gasteiger partial charge in [0.25, 0.3) is 0 Å². The van der Waals surface area contributed by atoms with E-state index in [2.05, 4.69) is 88.2 Å². The predicted molar refractivity (Wildman–Crippen MR) is 182 cm³/mol. The second kappa shape index (κ2) is 17.7. The van der Waals surface area contributed by atoms with Crippen LogP contribution < -0.4 is 0 Å². The number of benzene rings is 2. The van der Waals surface area contributed by atoms with Gasteiger partial charge in [0.05, 0.1) is 0 Å². The van der Waals surface area contributed by atoms with Crippen molar-refractivity contribution in [2.45, 2.75) is 123 Å². The molecule has 0 nitrogen and oxygen atoms in total. The summed E-state index contributed by atoms with van der Waals surface area (Å²) in [6, 6.07) is 15.8. The predicted octanol–water partition coefficient (Wildman–Crippen LogP) is 12.1. The van der Waals surface area contributed by atoms with Crippen LogP contribution in [-0.2, 0) is 12.8 Å². The monoisotopic (exact) mass is 546 g/mol. The van der Waals surface area contributed by atoms with Crippen molar-refractivity contribution in [3.63, 3.8) is 0 Å². The number of hydrogen-bond donors (Lipinski definition) is 0. The lowest BCUT2D eigenvalue weighted by Crippen LogP contribution is -2.06. The number of allylic oxidation sites excluding steroid dienone is 5. The largest absolute Gasteiger partial charge is 0.103 e. The lowest BCUT2D eigenvalue weighted by Gasteiger charge is -2.20. The Hall–Kier alpha value is -3.04. The minimum atomic E-state index is 0.297. The van der Waals surface area contributed by atoms with Gasteiger partial charge >= 0.3 is 0 Å². The van der Waals surface area contributed by atoms with E-state index in [4.69, 9.17) is 6.58 Å². The summed E-state index contributed by atoms with van der Waals surface area (Å²) >= 11 is 0. The van der Waals surface area contributed by atoms with E-state index < -0.39 is 0 Å². The van der Waals surface area contributed by atoms with Gasteiger partial charge in [-0.15, -0.1) is 6.58 Å². The van der Waals surface area contributed by atoms with E-state index in [9.17, 15) is 0 Å². The SMILES string of the molecule is C=CCCCCCC(=C)C1=C(CCCCC)Cc2c(C#CCCCCC)cc(CC(C(=C)C)c3ccccc3)cc21. The maximum absolute atomic E-state index is 4.70. The first-order valence-electron chi connectivity index (χ1n) is 16.4. The Bertz CT molecular complexity index is 1240. The lowest BCUT2D eigenvalue weighted by atomic mass is 9.84. The van der Waals surface area contributed by atoms with E-state index in [-0.39, 0.29) is 0 Å². The molecule has 0 N–H and O–H groups in total. The standard InChI is InChI=1S/C41H54/c1-7-10-13-15-19-23-33(6)41-37(27-18-12-9-3)31-39-36(26-20-16-14-11-8-2)28-34(30-40(39)41)29-38(32(4)5)35-24-21-17-22-25-35/h7,17,21-22,24-25,28,30,38H,1,4,6,8-16,18-19,23,27,29,31H2,2-3,5H3. The summed E-state index contributed by atoms with van der Waals surface area (Å²) in [4.78, 5) is 0. The Kier molecular flexibility index (Phi) is 14.0. The Morgan fingerprint density at radius 1 is 0.927 bits per heavy atom. The summed E-state index contributed by atoms with van der Waals surface area (Å²) in [5, 5.41) is 0.